The number of aromatic amines is 1. The van der Waals surface area contributed by atoms with Gasteiger partial charge in [0.25, 0.3) is 0 Å². The van der Waals surface area contributed by atoms with Gasteiger partial charge in [0, 0.05) is 42.7 Å². The number of anilines is 1. The normalized spacial score (nSPS) is 15.8. The van der Waals surface area contributed by atoms with Crippen LogP contribution in [0.3, 0.4) is 0 Å². The molecule has 8 heteroatoms. The molecule has 1 aliphatic rings. The smallest absolute Gasteiger partial charge is 0.227 e. The summed E-state index contributed by atoms with van der Waals surface area (Å²) in [5.74, 6) is 1.34. The Kier molecular flexibility index (Phi) is 6.20. The lowest BCUT2D eigenvalue weighted by Gasteiger charge is -2.20. The summed E-state index contributed by atoms with van der Waals surface area (Å²) in [5.41, 5.74) is 2.77. The fourth-order valence-electron chi connectivity index (χ4n) is 4.08. The number of amides is 2. The largest absolute Gasteiger partial charge is 0.497 e. The van der Waals surface area contributed by atoms with Gasteiger partial charge in [-0.05, 0) is 42.3 Å². The van der Waals surface area contributed by atoms with Crippen LogP contribution in [0.5, 0.6) is 17.2 Å². The highest BCUT2D eigenvalue weighted by Gasteiger charge is 2.36. The zero-order valence-corrected chi connectivity index (χ0v) is 18.4. The number of carbonyl (C=O) groups is 2. The molecule has 3 aromatic rings. The van der Waals surface area contributed by atoms with Crippen molar-refractivity contribution in [1.82, 2.24) is 10.3 Å². The topological polar surface area (TPSA) is 92.9 Å². The van der Waals surface area contributed by atoms with Crippen LogP contribution >= 0.6 is 0 Å². The Morgan fingerprint density at radius 2 is 1.84 bits per heavy atom. The zero-order chi connectivity index (χ0) is 22.7. The second-order valence-corrected chi connectivity index (χ2v) is 7.71. The summed E-state index contributed by atoms with van der Waals surface area (Å²) in [4.78, 5) is 30.2. The summed E-state index contributed by atoms with van der Waals surface area (Å²) in [6, 6.07) is 11.1. The number of nitrogens with zero attached hydrogens (tertiary/aromatic N) is 1. The molecular weight excluding hydrogens is 410 g/mol. The predicted molar refractivity (Wildman–Crippen MR) is 122 cm³/mol. The van der Waals surface area contributed by atoms with E-state index in [-0.39, 0.29) is 18.2 Å². The average Bonchev–Trinajstić information content (AvgIpc) is 3.41. The molecule has 8 nitrogen and oxygen atoms in total. The van der Waals surface area contributed by atoms with Gasteiger partial charge in [0.15, 0.2) is 0 Å². The van der Waals surface area contributed by atoms with Crippen LogP contribution in [0.25, 0.3) is 10.9 Å². The molecule has 1 fully saturated rings. The Hall–Kier alpha value is -3.68. The van der Waals surface area contributed by atoms with Gasteiger partial charge in [0.05, 0.1) is 32.9 Å². The summed E-state index contributed by atoms with van der Waals surface area (Å²) in [5, 5.41) is 4.06. The molecule has 1 unspecified atom stereocenters. The molecule has 0 spiro atoms. The fraction of sp³-hybridized carbons (Fsp3) is 0.333. The van der Waals surface area contributed by atoms with Crippen LogP contribution in [0.4, 0.5) is 5.69 Å². The molecule has 1 saturated heterocycles. The SMILES string of the molecule is COc1ccc(N2CC(C(=O)NCCc3c[nH]c4ccc(OC)cc34)CC2=O)c(OC)c1. The Morgan fingerprint density at radius 3 is 2.59 bits per heavy atom. The number of benzene rings is 2. The standard InChI is InChI=1S/C24H27N3O5/c1-30-17-4-6-20-19(11-17)15(13-26-20)8-9-25-24(29)16-10-23(28)27(14-16)21-7-5-18(31-2)12-22(21)32-3/h4-7,11-13,16,26H,8-10,14H2,1-3H3,(H,25,29). The molecule has 0 saturated carbocycles. The Labute approximate surface area is 186 Å². The van der Waals surface area contributed by atoms with Crippen LogP contribution in [0.2, 0.25) is 0 Å². The first kappa shape index (κ1) is 21.5. The van der Waals surface area contributed by atoms with Crippen LogP contribution in [0.15, 0.2) is 42.6 Å². The number of H-pyrrole nitrogens is 1. The van der Waals surface area contributed by atoms with Crippen molar-refractivity contribution in [3.05, 3.63) is 48.2 Å². The Bertz CT molecular complexity index is 1140. The van der Waals surface area contributed by atoms with E-state index < -0.39 is 5.92 Å². The van der Waals surface area contributed by atoms with Gasteiger partial charge in [0.1, 0.15) is 17.2 Å². The Morgan fingerprint density at radius 1 is 1.09 bits per heavy atom. The molecule has 1 atom stereocenters. The number of hydrogen-bond donors (Lipinski definition) is 2. The molecule has 4 rings (SSSR count). The van der Waals surface area contributed by atoms with E-state index >= 15 is 0 Å². The molecule has 0 bridgehead atoms. The molecule has 2 heterocycles. The van der Waals surface area contributed by atoms with Gasteiger partial charge in [-0.1, -0.05) is 0 Å². The van der Waals surface area contributed by atoms with Crippen LogP contribution < -0.4 is 24.4 Å². The van der Waals surface area contributed by atoms with E-state index in [4.69, 9.17) is 14.2 Å². The van der Waals surface area contributed by atoms with Gasteiger partial charge in [-0.25, -0.2) is 0 Å². The van der Waals surface area contributed by atoms with Crippen molar-refractivity contribution in [2.75, 3.05) is 39.3 Å². The lowest BCUT2D eigenvalue weighted by molar-refractivity contribution is -0.126. The summed E-state index contributed by atoms with van der Waals surface area (Å²) in [6.45, 7) is 0.803. The van der Waals surface area contributed by atoms with Crippen LogP contribution in [-0.2, 0) is 16.0 Å². The molecule has 1 aliphatic heterocycles. The minimum absolute atomic E-state index is 0.0997. The van der Waals surface area contributed by atoms with E-state index in [1.165, 1.54) is 0 Å². The average molecular weight is 437 g/mol. The van der Waals surface area contributed by atoms with Crippen molar-refractivity contribution in [1.29, 1.82) is 0 Å². The maximum absolute atomic E-state index is 12.7. The van der Waals surface area contributed by atoms with E-state index in [0.717, 1.165) is 22.2 Å². The number of ether oxygens (including phenoxy) is 3. The van der Waals surface area contributed by atoms with Crippen molar-refractivity contribution in [2.24, 2.45) is 5.92 Å². The van der Waals surface area contributed by atoms with E-state index in [1.807, 2.05) is 24.4 Å². The molecule has 2 aromatic carbocycles. The summed E-state index contributed by atoms with van der Waals surface area (Å²) in [6.07, 6.45) is 2.80. The first-order chi connectivity index (χ1) is 15.5. The first-order valence-corrected chi connectivity index (χ1v) is 10.5. The highest BCUT2D eigenvalue weighted by Crippen LogP contribution is 2.35. The Balaban J connectivity index is 1.37. The molecule has 1 aromatic heterocycles. The quantitative estimate of drug-likeness (QED) is 0.565. The van der Waals surface area contributed by atoms with Crippen molar-refractivity contribution < 1.29 is 23.8 Å². The summed E-state index contributed by atoms with van der Waals surface area (Å²) in [7, 11) is 4.76. The second-order valence-electron chi connectivity index (χ2n) is 7.71. The number of fused-ring (bicyclic) bond motifs is 1. The summed E-state index contributed by atoms with van der Waals surface area (Å²) < 4.78 is 15.9. The van der Waals surface area contributed by atoms with Crippen LogP contribution in [-0.4, -0.2) is 51.2 Å². The molecule has 0 aliphatic carbocycles. The van der Waals surface area contributed by atoms with Gasteiger partial charge in [-0.3, -0.25) is 9.59 Å². The van der Waals surface area contributed by atoms with Gasteiger partial charge in [-0.2, -0.15) is 0 Å². The lowest BCUT2D eigenvalue weighted by atomic mass is 10.1. The molecule has 32 heavy (non-hydrogen) atoms. The van der Waals surface area contributed by atoms with E-state index in [2.05, 4.69) is 10.3 Å². The molecule has 2 N–H and O–H groups in total. The number of carbonyl (C=O) groups excluding carboxylic acids is 2. The third-order valence-electron chi connectivity index (χ3n) is 5.84. The lowest BCUT2D eigenvalue weighted by Crippen LogP contribution is -2.34. The van der Waals surface area contributed by atoms with Gasteiger partial charge >= 0.3 is 0 Å². The summed E-state index contributed by atoms with van der Waals surface area (Å²) >= 11 is 0. The molecule has 2 amide bonds. The maximum atomic E-state index is 12.7. The third-order valence-corrected chi connectivity index (χ3v) is 5.84. The molecule has 168 valence electrons. The van der Waals surface area contributed by atoms with Gasteiger partial charge in [0.2, 0.25) is 11.8 Å². The van der Waals surface area contributed by atoms with Crippen molar-refractivity contribution in [3.8, 4) is 17.2 Å². The fourth-order valence-corrected chi connectivity index (χ4v) is 4.08. The monoisotopic (exact) mass is 437 g/mol. The van der Waals surface area contributed by atoms with Crippen molar-refractivity contribution in [3.63, 3.8) is 0 Å². The van der Waals surface area contributed by atoms with E-state index in [1.54, 1.807) is 44.4 Å². The maximum Gasteiger partial charge on any atom is 0.227 e. The van der Waals surface area contributed by atoms with Gasteiger partial charge in [-0.15, -0.1) is 0 Å². The van der Waals surface area contributed by atoms with Crippen molar-refractivity contribution in [2.45, 2.75) is 12.8 Å². The molecule has 0 radical (unpaired) electrons. The number of rotatable bonds is 8. The van der Waals surface area contributed by atoms with Crippen LogP contribution in [0.1, 0.15) is 12.0 Å². The minimum atomic E-state index is -0.405. The van der Waals surface area contributed by atoms with E-state index in [9.17, 15) is 9.59 Å². The zero-order valence-electron chi connectivity index (χ0n) is 18.4. The highest BCUT2D eigenvalue weighted by atomic mass is 16.5. The predicted octanol–water partition coefficient (Wildman–Crippen LogP) is 2.91. The third kappa shape index (κ3) is 4.21. The first-order valence-electron chi connectivity index (χ1n) is 10.5. The number of hydrogen-bond acceptors (Lipinski definition) is 5. The van der Waals surface area contributed by atoms with Crippen molar-refractivity contribution >= 4 is 28.4 Å². The second kappa shape index (κ2) is 9.21. The van der Waals surface area contributed by atoms with Crippen LogP contribution in [0, 0.1) is 5.92 Å². The highest BCUT2D eigenvalue weighted by molar-refractivity contribution is 6.01. The number of methoxy groups -OCH3 is 3. The number of nitrogens with one attached hydrogen (secondary N) is 2. The van der Waals surface area contributed by atoms with E-state index in [0.29, 0.717) is 36.7 Å². The number of aromatic nitrogens is 1. The minimum Gasteiger partial charge on any atom is -0.497 e. The van der Waals surface area contributed by atoms with Gasteiger partial charge < -0.3 is 29.4 Å². The molecular formula is C24H27N3O5.